The molecule has 1 heterocycles. The van der Waals surface area contributed by atoms with Gasteiger partial charge in [-0.15, -0.1) is 0 Å². The fourth-order valence-corrected chi connectivity index (χ4v) is 4.59. The van der Waals surface area contributed by atoms with Crippen molar-refractivity contribution in [3.05, 3.63) is 29.1 Å². The van der Waals surface area contributed by atoms with Crippen LogP contribution in [0.4, 0.5) is 4.39 Å². The summed E-state index contributed by atoms with van der Waals surface area (Å²) in [6.45, 7) is 3.69. The maximum Gasteiger partial charge on any atom is 0.338 e. The average molecular weight is 315 g/mol. The van der Waals surface area contributed by atoms with Crippen molar-refractivity contribution in [2.24, 2.45) is 0 Å². The van der Waals surface area contributed by atoms with Gasteiger partial charge in [-0.3, -0.25) is 0 Å². The molecule has 0 spiro atoms. The second-order valence-electron chi connectivity index (χ2n) is 5.23. The summed E-state index contributed by atoms with van der Waals surface area (Å²) in [5, 5.41) is 9.00. The highest BCUT2D eigenvalue weighted by Crippen LogP contribution is 2.29. The quantitative estimate of drug-likeness (QED) is 0.926. The van der Waals surface area contributed by atoms with Gasteiger partial charge in [0.15, 0.2) is 0 Å². The molecule has 1 aromatic rings. The van der Waals surface area contributed by atoms with Crippen molar-refractivity contribution < 1.29 is 22.7 Å². The van der Waals surface area contributed by atoms with Crippen molar-refractivity contribution >= 4 is 16.0 Å². The lowest BCUT2D eigenvalue weighted by Crippen LogP contribution is -2.35. The number of carbonyl (C=O) groups is 1. The third kappa shape index (κ3) is 2.80. The van der Waals surface area contributed by atoms with Crippen LogP contribution in [0.5, 0.6) is 0 Å². The highest BCUT2D eigenvalue weighted by atomic mass is 32.2. The molecule has 0 bridgehead atoms. The molecule has 1 N–H and O–H groups in total. The summed E-state index contributed by atoms with van der Waals surface area (Å²) in [4.78, 5) is 10.9. The zero-order chi connectivity index (χ0) is 15.8. The molecule has 0 saturated carbocycles. The number of hydrogen-bond acceptors (Lipinski definition) is 3. The molecule has 116 valence electrons. The first-order chi connectivity index (χ1) is 9.78. The Labute approximate surface area is 123 Å². The van der Waals surface area contributed by atoms with Crippen molar-refractivity contribution in [1.82, 2.24) is 4.31 Å². The molecule has 1 fully saturated rings. The van der Waals surface area contributed by atoms with E-state index in [2.05, 4.69) is 0 Å². The molecule has 1 unspecified atom stereocenters. The van der Waals surface area contributed by atoms with Gasteiger partial charge in [-0.05, 0) is 43.9 Å². The summed E-state index contributed by atoms with van der Waals surface area (Å²) in [5.41, 5.74) is -0.596. The molecule has 1 aliphatic heterocycles. The van der Waals surface area contributed by atoms with Crippen molar-refractivity contribution in [1.29, 1.82) is 0 Å². The Morgan fingerprint density at radius 1 is 1.48 bits per heavy atom. The van der Waals surface area contributed by atoms with Gasteiger partial charge in [0.05, 0.1) is 10.5 Å². The minimum Gasteiger partial charge on any atom is -0.478 e. The SMILES string of the molecule is CCC1CCCN1S(=O)(=O)c1cc(C)c(F)c(C(=O)O)c1. The molecule has 0 amide bonds. The van der Waals surface area contributed by atoms with Crippen LogP contribution >= 0.6 is 0 Å². The van der Waals surface area contributed by atoms with Crippen LogP contribution in [-0.4, -0.2) is 36.4 Å². The Morgan fingerprint density at radius 2 is 2.14 bits per heavy atom. The van der Waals surface area contributed by atoms with Gasteiger partial charge in [-0.25, -0.2) is 17.6 Å². The van der Waals surface area contributed by atoms with Crippen LogP contribution in [0.15, 0.2) is 17.0 Å². The summed E-state index contributed by atoms with van der Waals surface area (Å²) in [6, 6.07) is 2.03. The highest BCUT2D eigenvalue weighted by Gasteiger charge is 2.35. The number of carboxylic acids is 1. The average Bonchev–Trinajstić information content (AvgIpc) is 2.90. The summed E-state index contributed by atoms with van der Waals surface area (Å²) in [7, 11) is -3.79. The van der Waals surface area contributed by atoms with E-state index in [9.17, 15) is 17.6 Å². The minimum absolute atomic E-state index is 0.0146. The lowest BCUT2D eigenvalue weighted by atomic mass is 10.1. The lowest BCUT2D eigenvalue weighted by Gasteiger charge is -2.23. The normalized spacial score (nSPS) is 19.9. The van der Waals surface area contributed by atoms with Crippen LogP contribution in [0, 0.1) is 12.7 Å². The van der Waals surface area contributed by atoms with E-state index in [-0.39, 0.29) is 16.5 Å². The third-order valence-electron chi connectivity index (χ3n) is 3.86. The van der Waals surface area contributed by atoms with E-state index < -0.39 is 27.4 Å². The largest absolute Gasteiger partial charge is 0.478 e. The molecule has 0 radical (unpaired) electrons. The Morgan fingerprint density at radius 3 is 2.71 bits per heavy atom. The van der Waals surface area contributed by atoms with Crippen LogP contribution in [0.25, 0.3) is 0 Å². The number of aromatic carboxylic acids is 1. The molecule has 21 heavy (non-hydrogen) atoms. The maximum atomic E-state index is 13.8. The molecule has 1 aromatic carbocycles. The number of benzene rings is 1. The zero-order valence-electron chi connectivity index (χ0n) is 12.0. The monoisotopic (exact) mass is 315 g/mol. The number of nitrogens with zero attached hydrogens (tertiary/aromatic N) is 1. The number of halogens is 1. The van der Waals surface area contributed by atoms with Crippen molar-refractivity contribution in [2.75, 3.05) is 6.54 Å². The van der Waals surface area contributed by atoms with E-state index in [1.54, 1.807) is 0 Å². The molecular formula is C14H18FNO4S. The van der Waals surface area contributed by atoms with E-state index in [1.165, 1.54) is 17.3 Å². The number of hydrogen-bond donors (Lipinski definition) is 1. The Balaban J connectivity index is 2.53. The second-order valence-corrected chi connectivity index (χ2v) is 7.12. The number of carboxylic acid groups (broad SMARTS) is 1. The van der Waals surface area contributed by atoms with Crippen LogP contribution in [0.3, 0.4) is 0 Å². The Kier molecular flexibility index (Phi) is 4.34. The number of sulfonamides is 1. The number of rotatable bonds is 4. The Hall–Kier alpha value is -1.47. The predicted molar refractivity (Wildman–Crippen MR) is 75.3 cm³/mol. The molecule has 1 saturated heterocycles. The van der Waals surface area contributed by atoms with Crippen molar-refractivity contribution in [2.45, 2.75) is 44.0 Å². The highest BCUT2D eigenvalue weighted by molar-refractivity contribution is 7.89. The van der Waals surface area contributed by atoms with Gasteiger partial charge in [0.1, 0.15) is 5.82 Å². The standard InChI is InChI=1S/C14H18FNO4S/c1-3-10-5-4-6-16(10)21(19,20)11-7-9(2)13(15)12(8-11)14(17)18/h7-8,10H,3-6H2,1-2H3,(H,17,18). The summed E-state index contributed by atoms with van der Waals surface area (Å²) < 4.78 is 40.5. The topological polar surface area (TPSA) is 74.7 Å². The molecule has 0 aromatic heterocycles. The first kappa shape index (κ1) is 15.9. The van der Waals surface area contributed by atoms with Gasteiger partial charge >= 0.3 is 5.97 Å². The van der Waals surface area contributed by atoms with Gasteiger partial charge < -0.3 is 5.11 Å². The third-order valence-corrected chi connectivity index (χ3v) is 5.79. The summed E-state index contributed by atoms with van der Waals surface area (Å²) >= 11 is 0. The molecular weight excluding hydrogens is 297 g/mol. The second kappa shape index (κ2) is 5.73. The predicted octanol–water partition coefficient (Wildman–Crippen LogP) is 2.40. The number of aryl methyl sites for hydroxylation is 1. The molecule has 1 aliphatic rings. The summed E-state index contributed by atoms with van der Waals surface area (Å²) in [6.07, 6.45) is 2.27. The van der Waals surface area contributed by atoms with Gasteiger partial charge in [0.25, 0.3) is 0 Å². The molecule has 5 nitrogen and oxygen atoms in total. The zero-order valence-corrected chi connectivity index (χ0v) is 12.8. The Bertz CT molecular complexity index is 672. The van der Waals surface area contributed by atoms with Gasteiger partial charge in [-0.1, -0.05) is 6.92 Å². The van der Waals surface area contributed by atoms with E-state index >= 15 is 0 Å². The maximum absolute atomic E-state index is 13.8. The van der Waals surface area contributed by atoms with Crippen LogP contribution in [0.1, 0.15) is 42.1 Å². The van der Waals surface area contributed by atoms with Crippen LogP contribution in [0.2, 0.25) is 0 Å². The van der Waals surface area contributed by atoms with E-state index in [0.717, 1.165) is 18.9 Å². The van der Waals surface area contributed by atoms with Gasteiger partial charge in [-0.2, -0.15) is 4.31 Å². The van der Waals surface area contributed by atoms with E-state index in [4.69, 9.17) is 5.11 Å². The molecule has 0 aliphatic carbocycles. The van der Waals surface area contributed by atoms with Gasteiger partial charge in [0, 0.05) is 12.6 Å². The lowest BCUT2D eigenvalue weighted by molar-refractivity contribution is 0.0691. The fraction of sp³-hybridized carbons (Fsp3) is 0.500. The van der Waals surface area contributed by atoms with E-state index in [1.807, 2.05) is 6.92 Å². The molecule has 2 rings (SSSR count). The minimum atomic E-state index is -3.79. The molecule has 1 atom stereocenters. The summed E-state index contributed by atoms with van der Waals surface area (Å²) in [5.74, 6) is -2.36. The first-order valence-corrected chi connectivity index (χ1v) is 8.28. The van der Waals surface area contributed by atoms with E-state index in [0.29, 0.717) is 13.0 Å². The smallest absolute Gasteiger partial charge is 0.338 e. The van der Waals surface area contributed by atoms with Crippen molar-refractivity contribution in [3.63, 3.8) is 0 Å². The first-order valence-electron chi connectivity index (χ1n) is 6.84. The fourth-order valence-electron chi connectivity index (χ4n) is 2.71. The molecule has 7 heteroatoms. The van der Waals surface area contributed by atoms with Gasteiger partial charge in [0.2, 0.25) is 10.0 Å². The van der Waals surface area contributed by atoms with Crippen LogP contribution in [-0.2, 0) is 10.0 Å². The van der Waals surface area contributed by atoms with Crippen LogP contribution < -0.4 is 0 Å². The van der Waals surface area contributed by atoms with Crippen molar-refractivity contribution in [3.8, 4) is 0 Å².